The van der Waals surface area contributed by atoms with E-state index in [-0.39, 0.29) is 59.1 Å². The van der Waals surface area contributed by atoms with Crippen LogP contribution in [-0.4, -0.2) is 18.0 Å². The maximum Gasteiger partial charge on any atom is 1.00 e. The summed E-state index contributed by atoms with van der Waals surface area (Å²) in [6, 6.07) is 0. The molecule has 0 rings (SSSR count). The molecule has 11 heteroatoms. The molecule has 0 amide bonds. The van der Waals surface area contributed by atoms with Crippen LogP contribution in [0.2, 0.25) is 0 Å². The van der Waals surface area contributed by atoms with Gasteiger partial charge in [-0.25, -0.2) is 0 Å². The van der Waals surface area contributed by atoms with Crippen LogP contribution in [-0.2, 0) is 18.2 Å². The van der Waals surface area contributed by atoms with Gasteiger partial charge in [0.1, 0.15) is 0 Å². The first-order valence-corrected chi connectivity index (χ1v) is 4.48. The van der Waals surface area contributed by atoms with Gasteiger partial charge in [-0.2, -0.15) is 0 Å². The summed E-state index contributed by atoms with van der Waals surface area (Å²) in [5.74, 6) is 0. The van der Waals surface area contributed by atoms with Crippen molar-refractivity contribution in [2.24, 2.45) is 0 Å². The molecule has 3 atom stereocenters. The Labute approximate surface area is 120 Å². The first-order chi connectivity index (χ1) is 5.02. The fourth-order valence-corrected chi connectivity index (χ4v) is 0.763. The van der Waals surface area contributed by atoms with E-state index in [0.717, 1.165) is 0 Å². The maximum atomic E-state index is 9.70. The second kappa shape index (κ2) is 12.1. The van der Waals surface area contributed by atoms with Crippen molar-refractivity contribution in [2.45, 2.75) is 6.29 Å². The Bertz CT molecular complexity index is 165. The minimum absolute atomic E-state index is 0. The Morgan fingerprint density at radius 1 is 1.23 bits per heavy atom. The molecule has 0 bridgehead atoms. The summed E-state index contributed by atoms with van der Waals surface area (Å²) >= 11 is 0. The van der Waals surface area contributed by atoms with Gasteiger partial charge >= 0.3 is 75.6 Å². The largest absolute Gasteiger partial charge is 1.00 e. The average molecular weight is 248 g/mol. The molecule has 0 radical (unpaired) electrons. The van der Waals surface area contributed by atoms with E-state index < -0.39 is 29.4 Å². The van der Waals surface area contributed by atoms with Crippen molar-refractivity contribution in [3.05, 3.63) is 0 Å². The zero-order valence-electron chi connectivity index (χ0n) is 7.08. The normalized spacial score (nSPS) is 13.5. The van der Waals surface area contributed by atoms with E-state index in [0.29, 0.717) is 0 Å². The molecule has 0 saturated heterocycles. The summed E-state index contributed by atoms with van der Waals surface area (Å²) in [4.78, 5) is 19.4. The fraction of sp³-hybridized carbons (Fsp3) is 1.00. The first-order valence-electron chi connectivity index (χ1n) is 2.29. The van der Waals surface area contributed by atoms with Gasteiger partial charge in [0.2, 0.25) is 6.29 Å². The zero-order valence-corrected chi connectivity index (χ0v) is 12.9. The van der Waals surface area contributed by atoms with E-state index in [4.69, 9.17) is 5.11 Å². The van der Waals surface area contributed by atoms with Crippen LogP contribution in [0.15, 0.2) is 0 Å². The molecule has 3 unspecified atom stereocenters. The van der Waals surface area contributed by atoms with Crippen molar-refractivity contribution in [1.82, 2.24) is 0 Å². The fourth-order valence-electron chi connectivity index (χ4n) is 0.254. The van der Waals surface area contributed by atoms with Crippen LogP contribution < -0.4 is 68.9 Å². The Hall–Kier alpha value is 2.00. The summed E-state index contributed by atoms with van der Waals surface area (Å²) in [5.41, 5.74) is 0. The summed E-state index contributed by atoms with van der Waals surface area (Å²) in [7, 11) is -6.29. The molecule has 0 aliphatic heterocycles. The number of hydrogen-bond acceptors (Lipinski definition) is 7. The van der Waals surface area contributed by atoms with Crippen molar-refractivity contribution < 1.29 is 92.2 Å². The molecule has 13 heavy (non-hydrogen) atoms. The van der Waals surface area contributed by atoms with Crippen molar-refractivity contribution in [3.63, 3.8) is 0 Å². The minimum atomic E-state index is -3.20. The first kappa shape index (κ1) is 20.4. The Morgan fingerprint density at radius 3 is 2.00 bits per heavy atom. The molecule has 64 valence electrons. The molecule has 0 saturated carbocycles. The number of rotatable bonds is 5. The van der Waals surface area contributed by atoms with Gasteiger partial charge in [0.05, 0.1) is 0 Å². The van der Waals surface area contributed by atoms with Crippen molar-refractivity contribution in [3.8, 4) is 0 Å². The van der Waals surface area contributed by atoms with E-state index >= 15 is 0 Å². The smallest absolute Gasteiger partial charge is 0.566 e. The maximum absolute atomic E-state index is 9.70. The zero-order chi connectivity index (χ0) is 8.85. The van der Waals surface area contributed by atoms with Gasteiger partial charge in [-0.3, -0.25) is 0 Å². The molecule has 0 aromatic rings. The second-order valence-corrected chi connectivity index (χ2v) is 2.67. The third-order valence-corrected chi connectivity index (χ3v) is 1.31. The average Bonchev–Trinajstić information content (AvgIpc) is 1.82. The van der Waals surface area contributed by atoms with Crippen LogP contribution >= 0.6 is 16.5 Å². The molecule has 0 aromatic carbocycles. The quantitative estimate of drug-likeness (QED) is 0.291. The number of aliphatic hydroxyl groups is 1. The van der Waals surface area contributed by atoms with Gasteiger partial charge in [0.25, 0.3) is 0 Å². The molecule has 0 aliphatic rings. The SMILES string of the molecule is O=[P+]([O-])OCC(O)O[P+](=O)[O-].[Na+].[Na+]. The van der Waals surface area contributed by atoms with Crippen molar-refractivity contribution in [1.29, 1.82) is 0 Å². The third-order valence-electron chi connectivity index (χ3n) is 0.530. The Morgan fingerprint density at radius 2 is 1.69 bits per heavy atom. The van der Waals surface area contributed by atoms with Gasteiger partial charge in [0, 0.05) is 0 Å². The number of hydrogen-bond donors (Lipinski definition) is 1. The molecule has 0 spiro atoms. The molecule has 0 aliphatic carbocycles. The van der Waals surface area contributed by atoms with Crippen LogP contribution in [0.4, 0.5) is 0 Å². The van der Waals surface area contributed by atoms with Gasteiger partial charge in [-0.15, -0.1) is 9.05 Å². The molecular weight excluding hydrogens is 244 g/mol. The number of aliphatic hydroxyl groups excluding tert-OH is 1. The monoisotopic (exact) mass is 248 g/mol. The van der Waals surface area contributed by atoms with Gasteiger partial charge in [-0.05, 0) is 9.13 Å². The summed E-state index contributed by atoms with van der Waals surface area (Å²) < 4.78 is 26.9. The van der Waals surface area contributed by atoms with E-state index in [9.17, 15) is 18.9 Å². The van der Waals surface area contributed by atoms with E-state index in [1.807, 2.05) is 0 Å². The molecule has 0 fully saturated rings. The van der Waals surface area contributed by atoms with Crippen molar-refractivity contribution in [2.75, 3.05) is 6.61 Å². The molecule has 7 nitrogen and oxygen atoms in total. The standard InChI is InChI=1S/C2H4O7P2.2Na/c3-2(9-11(6)7)1-8-10(4)5;;/h2-3H,1H2;;/q;2*+1. The van der Waals surface area contributed by atoms with Crippen LogP contribution in [0.1, 0.15) is 0 Å². The summed E-state index contributed by atoms with van der Waals surface area (Å²) in [6.07, 6.45) is -1.77. The predicted octanol–water partition coefficient (Wildman–Crippen LogP) is -7.62. The second-order valence-electron chi connectivity index (χ2n) is 1.30. The van der Waals surface area contributed by atoms with Gasteiger partial charge < -0.3 is 14.9 Å². The third kappa shape index (κ3) is 16.7. The van der Waals surface area contributed by atoms with Crippen LogP contribution in [0, 0.1) is 0 Å². The minimum Gasteiger partial charge on any atom is -0.566 e. The molecule has 0 aromatic heterocycles. The Balaban J connectivity index is -0.000000500. The Kier molecular flexibility index (Phi) is 19.0. The van der Waals surface area contributed by atoms with Crippen LogP contribution in [0.25, 0.3) is 0 Å². The van der Waals surface area contributed by atoms with Gasteiger partial charge in [-0.1, -0.05) is 0 Å². The van der Waals surface area contributed by atoms with Crippen LogP contribution in [0.5, 0.6) is 0 Å². The van der Waals surface area contributed by atoms with E-state index in [2.05, 4.69) is 9.05 Å². The molecular formula is C2H4Na2O7P2+2. The van der Waals surface area contributed by atoms with Crippen LogP contribution in [0.3, 0.4) is 0 Å². The topological polar surface area (TPSA) is 119 Å². The predicted molar refractivity (Wildman–Crippen MR) is 28.3 cm³/mol. The van der Waals surface area contributed by atoms with E-state index in [1.165, 1.54) is 0 Å². The van der Waals surface area contributed by atoms with Crippen molar-refractivity contribution >= 4 is 16.5 Å². The van der Waals surface area contributed by atoms with E-state index in [1.54, 1.807) is 0 Å². The summed E-state index contributed by atoms with van der Waals surface area (Å²) in [6.45, 7) is -0.734. The van der Waals surface area contributed by atoms with Gasteiger partial charge in [0.15, 0.2) is 6.61 Å². The molecule has 1 N–H and O–H groups in total. The summed E-state index contributed by atoms with van der Waals surface area (Å²) in [5, 5.41) is 8.47. The molecule has 0 heterocycles.